The maximum atomic E-state index is 12.7. The third-order valence-corrected chi connectivity index (χ3v) is 5.76. The van der Waals surface area contributed by atoms with Crippen LogP contribution in [-0.4, -0.2) is 40.1 Å². The Labute approximate surface area is 161 Å². The Hall–Kier alpha value is -2.12. The normalized spacial score (nSPS) is 15.1. The fourth-order valence-corrected chi connectivity index (χ4v) is 4.01. The van der Waals surface area contributed by atoms with Crippen molar-refractivity contribution >= 4 is 45.8 Å². The first-order valence-corrected chi connectivity index (χ1v) is 9.61. The van der Waals surface area contributed by atoms with Gasteiger partial charge in [-0.1, -0.05) is 47.6 Å². The summed E-state index contributed by atoms with van der Waals surface area (Å²) in [5.74, 6) is 0.364. The fraction of sp³-hybridized carbons (Fsp3) is 0.389. The summed E-state index contributed by atoms with van der Waals surface area (Å²) < 4.78 is 0.210. The molecule has 2 heterocycles. The number of benzene rings is 1. The van der Waals surface area contributed by atoms with E-state index in [-0.39, 0.29) is 21.1 Å². The van der Waals surface area contributed by atoms with E-state index < -0.39 is 6.09 Å². The highest BCUT2D eigenvalue weighted by Crippen LogP contribution is 2.36. The highest BCUT2D eigenvalue weighted by Gasteiger charge is 2.29. The quantitative estimate of drug-likeness (QED) is 0.813. The second kappa shape index (κ2) is 7.63. The minimum atomic E-state index is -1.18. The van der Waals surface area contributed by atoms with Crippen molar-refractivity contribution < 1.29 is 14.7 Å². The van der Waals surface area contributed by atoms with Crippen LogP contribution in [0.3, 0.4) is 0 Å². The van der Waals surface area contributed by atoms with E-state index in [1.54, 1.807) is 17.0 Å². The van der Waals surface area contributed by atoms with Crippen molar-refractivity contribution in [2.45, 2.75) is 26.7 Å². The van der Waals surface area contributed by atoms with Crippen LogP contribution in [-0.2, 0) is 0 Å². The van der Waals surface area contributed by atoms with Crippen molar-refractivity contribution in [2.75, 3.05) is 18.0 Å². The summed E-state index contributed by atoms with van der Waals surface area (Å²) in [4.78, 5) is 31.6. The summed E-state index contributed by atoms with van der Waals surface area (Å²) in [6, 6.07) is 7.04. The smallest absolute Gasteiger partial charge is 0.418 e. The Bertz CT molecular complexity index is 814. The van der Waals surface area contributed by atoms with Crippen LogP contribution < -0.4 is 4.90 Å². The summed E-state index contributed by atoms with van der Waals surface area (Å²) in [6.45, 7) is 5.43. The van der Waals surface area contributed by atoms with Crippen LogP contribution >= 0.6 is 22.9 Å². The molecule has 26 heavy (non-hydrogen) atoms. The number of carbonyl (C=O) groups excluding carboxylic acids is 1. The molecule has 0 spiro atoms. The Kier molecular flexibility index (Phi) is 5.48. The number of carbonyl (C=O) groups is 2. The number of anilines is 2. The van der Waals surface area contributed by atoms with E-state index >= 15 is 0 Å². The molecule has 1 N–H and O–H groups in total. The molecule has 0 bridgehead atoms. The van der Waals surface area contributed by atoms with Crippen molar-refractivity contribution in [3.63, 3.8) is 0 Å². The second-order valence-electron chi connectivity index (χ2n) is 6.55. The Morgan fingerprint density at radius 3 is 2.46 bits per heavy atom. The van der Waals surface area contributed by atoms with Crippen LogP contribution in [0.1, 0.15) is 35.8 Å². The molecule has 0 radical (unpaired) electrons. The predicted octanol–water partition coefficient (Wildman–Crippen LogP) is 4.79. The number of rotatable bonds is 3. The van der Waals surface area contributed by atoms with Gasteiger partial charge in [-0.15, -0.1) is 0 Å². The third kappa shape index (κ3) is 3.83. The predicted molar refractivity (Wildman–Crippen MR) is 103 cm³/mol. The molecule has 138 valence electrons. The Morgan fingerprint density at radius 1 is 1.27 bits per heavy atom. The number of likely N-dealkylation sites (tertiary alicyclic amines) is 1. The SMILES string of the molecule is Cc1ccc(N(C(=O)O)c2nc(C(=O)N3CCC(C)CC3)c(Cl)s2)cc1. The van der Waals surface area contributed by atoms with Gasteiger partial charge in [-0.25, -0.2) is 14.7 Å². The topological polar surface area (TPSA) is 73.7 Å². The first kappa shape index (κ1) is 18.7. The molecule has 2 amide bonds. The zero-order valence-electron chi connectivity index (χ0n) is 14.6. The van der Waals surface area contributed by atoms with Gasteiger partial charge in [0.15, 0.2) is 5.69 Å². The number of carboxylic acid groups (broad SMARTS) is 1. The number of hydrogen-bond donors (Lipinski definition) is 1. The molecule has 2 aromatic rings. The van der Waals surface area contributed by atoms with Crippen molar-refractivity contribution in [1.82, 2.24) is 9.88 Å². The summed E-state index contributed by atoms with van der Waals surface area (Å²) in [5.41, 5.74) is 1.60. The molecule has 6 nitrogen and oxygen atoms in total. The van der Waals surface area contributed by atoms with Gasteiger partial charge in [0.25, 0.3) is 5.91 Å². The third-order valence-electron chi connectivity index (χ3n) is 4.52. The summed E-state index contributed by atoms with van der Waals surface area (Å²) >= 11 is 7.23. The minimum Gasteiger partial charge on any atom is -0.464 e. The molecule has 1 aromatic heterocycles. The van der Waals surface area contributed by atoms with E-state index in [4.69, 9.17) is 11.6 Å². The number of aryl methyl sites for hydroxylation is 1. The number of hydrogen-bond acceptors (Lipinski definition) is 4. The van der Waals surface area contributed by atoms with Gasteiger partial charge in [0.2, 0.25) is 5.13 Å². The van der Waals surface area contributed by atoms with Crippen molar-refractivity contribution in [1.29, 1.82) is 0 Å². The Balaban J connectivity index is 1.89. The van der Waals surface area contributed by atoms with E-state index in [2.05, 4.69) is 11.9 Å². The van der Waals surface area contributed by atoms with Crippen molar-refractivity contribution in [3.05, 3.63) is 39.9 Å². The number of piperidine rings is 1. The zero-order valence-corrected chi connectivity index (χ0v) is 16.2. The number of amides is 2. The zero-order chi connectivity index (χ0) is 18.8. The lowest BCUT2D eigenvalue weighted by Gasteiger charge is -2.29. The lowest BCUT2D eigenvalue weighted by atomic mass is 9.99. The average Bonchev–Trinajstić information content (AvgIpc) is 2.98. The van der Waals surface area contributed by atoms with Crippen molar-refractivity contribution in [3.8, 4) is 0 Å². The molecular weight excluding hydrogens is 374 g/mol. The van der Waals surface area contributed by atoms with E-state index in [0.717, 1.165) is 34.6 Å². The van der Waals surface area contributed by atoms with Gasteiger partial charge in [-0.2, -0.15) is 0 Å². The number of thiazole rings is 1. The van der Waals surface area contributed by atoms with Gasteiger partial charge in [-0.05, 0) is 37.8 Å². The largest absolute Gasteiger partial charge is 0.464 e. The van der Waals surface area contributed by atoms with Crippen LogP contribution in [0.4, 0.5) is 15.6 Å². The lowest BCUT2D eigenvalue weighted by Crippen LogP contribution is -2.38. The molecule has 1 aliphatic heterocycles. The van der Waals surface area contributed by atoms with Gasteiger partial charge in [-0.3, -0.25) is 4.79 Å². The van der Waals surface area contributed by atoms with E-state index in [1.807, 2.05) is 19.1 Å². The Morgan fingerprint density at radius 2 is 1.88 bits per heavy atom. The van der Waals surface area contributed by atoms with Gasteiger partial charge < -0.3 is 10.0 Å². The molecule has 0 atom stereocenters. The van der Waals surface area contributed by atoms with Crippen LogP contribution in [0.15, 0.2) is 24.3 Å². The monoisotopic (exact) mass is 393 g/mol. The van der Waals surface area contributed by atoms with Crippen LogP contribution in [0.25, 0.3) is 0 Å². The van der Waals surface area contributed by atoms with E-state index in [0.29, 0.717) is 24.7 Å². The minimum absolute atomic E-state index is 0.125. The maximum Gasteiger partial charge on any atom is 0.418 e. The average molecular weight is 394 g/mol. The number of nitrogens with zero attached hydrogens (tertiary/aromatic N) is 3. The molecule has 1 saturated heterocycles. The molecule has 8 heteroatoms. The summed E-state index contributed by atoms with van der Waals surface area (Å²) in [5, 5.41) is 9.79. The van der Waals surface area contributed by atoms with Crippen molar-refractivity contribution in [2.24, 2.45) is 5.92 Å². The first-order valence-electron chi connectivity index (χ1n) is 8.42. The number of halogens is 1. The molecule has 0 aliphatic carbocycles. The van der Waals surface area contributed by atoms with E-state index in [9.17, 15) is 14.7 Å². The van der Waals surface area contributed by atoms with Crippen LogP contribution in [0, 0.1) is 12.8 Å². The van der Waals surface area contributed by atoms with Crippen LogP contribution in [0.2, 0.25) is 4.34 Å². The molecule has 1 aliphatic rings. The molecule has 3 rings (SSSR count). The summed E-state index contributed by atoms with van der Waals surface area (Å²) in [7, 11) is 0. The van der Waals surface area contributed by atoms with Gasteiger partial charge in [0.05, 0.1) is 5.69 Å². The van der Waals surface area contributed by atoms with Crippen LogP contribution in [0.5, 0.6) is 0 Å². The highest BCUT2D eigenvalue weighted by molar-refractivity contribution is 7.20. The first-order chi connectivity index (χ1) is 12.4. The standard InChI is InChI=1S/C18H20ClN3O3S/c1-11-3-5-13(6-4-11)22(18(24)25)17-20-14(15(19)26-17)16(23)21-9-7-12(2)8-10-21/h3-6,12H,7-10H2,1-2H3,(H,24,25). The van der Waals surface area contributed by atoms with E-state index in [1.165, 1.54) is 0 Å². The van der Waals surface area contributed by atoms with Gasteiger partial charge in [0.1, 0.15) is 4.34 Å². The molecule has 1 fully saturated rings. The van der Waals surface area contributed by atoms with Gasteiger partial charge >= 0.3 is 6.09 Å². The molecule has 0 saturated carbocycles. The second-order valence-corrected chi connectivity index (χ2v) is 8.13. The summed E-state index contributed by atoms with van der Waals surface area (Å²) in [6.07, 6.45) is 0.723. The fourth-order valence-electron chi connectivity index (χ4n) is 2.88. The maximum absolute atomic E-state index is 12.7. The van der Waals surface area contributed by atoms with Gasteiger partial charge in [0, 0.05) is 13.1 Å². The lowest BCUT2D eigenvalue weighted by molar-refractivity contribution is 0.0692. The molecule has 1 aromatic carbocycles. The number of aromatic nitrogens is 1. The molecular formula is C18H20ClN3O3S. The highest BCUT2D eigenvalue weighted by atomic mass is 35.5. The molecule has 0 unspecified atom stereocenters.